The van der Waals surface area contributed by atoms with Crippen LogP contribution in [0.25, 0.3) is 0 Å². The first kappa shape index (κ1) is 14.5. The molecule has 0 aromatic rings. The van der Waals surface area contributed by atoms with Crippen molar-refractivity contribution in [2.75, 3.05) is 32.8 Å². The zero-order valence-corrected chi connectivity index (χ0v) is 11.2. The first-order valence-corrected chi connectivity index (χ1v) is 6.61. The summed E-state index contributed by atoms with van der Waals surface area (Å²) in [6.07, 6.45) is 3.48. The Kier molecular flexibility index (Phi) is 5.92. The minimum atomic E-state index is 0.173. The maximum atomic E-state index is 12.0. The molecule has 1 saturated heterocycles. The smallest absolute Gasteiger partial charge is 0.222 e. The van der Waals surface area contributed by atoms with Gasteiger partial charge in [-0.3, -0.25) is 4.79 Å². The van der Waals surface area contributed by atoms with Crippen LogP contribution in [0.3, 0.4) is 0 Å². The highest BCUT2D eigenvalue weighted by molar-refractivity contribution is 5.76. The van der Waals surface area contributed by atoms with E-state index < -0.39 is 0 Å². The van der Waals surface area contributed by atoms with Crippen molar-refractivity contribution >= 4 is 5.91 Å². The van der Waals surface area contributed by atoms with Crippen molar-refractivity contribution in [3.8, 4) is 0 Å². The van der Waals surface area contributed by atoms with E-state index in [1.807, 2.05) is 4.90 Å². The highest BCUT2D eigenvalue weighted by Crippen LogP contribution is 2.26. The zero-order valence-electron chi connectivity index (χ0n) is 11.2. The lowest BCUT2D eigenvalue weighted by atomic mass is 9.84. The lowest BCUT2D eigenvalue weighted by Crippen LogP contribution is -2.34. The van der Waals surface area contributed by atoms with Crippen molar-refractivity contribution in [3.05, 3.63) is 0 Å². The molecule has 0 spiro atoms. The molecule has 0 aromatic carbocycles. The molecule has 0 aromatic heterocycles. The molecule has 17 heavy (non-hydrogen) atoms. The number of hydrogen-bond acceptors (Lipinski definition) is 3. The Balaban J connectivity index is 2.32. The number of carbonyl (C=O) groups is 1. The Labute approximate surface area is 104 Å². The average Bonchev–Trinajstić information content (AvgIpc) is 2.54. The second kappa shape index (κ2) is 6.97. The van der Waals surface area contributed by atoms with E-state index in [1.54, 1.807) is 0 Å². The fraction of sp³-hybridized carbons (Fsp3) is 0.923. The zero-order chi connectivity index (χ0) is 12.7. The molecule has 0 aliphatic carbocycles. The summed E-state index contributed by atoms with van der Waals surface area (Å²) in [7, 11) is 0. The van der Waals surface area contributed by atoms with Crippen LogP contribution in [0.15, 0.2) is 0 Å². The average molecular weight is 242 g/mol. The molecular weight excluding hydrogens is 216 g/mol. The highest BCUT2D eigenvalue weighted by atomic mass is 16.5. The molecule has 2 N–H and O–H groups in total. The lowest BCUT2D eigenvalue weighted by molar-refractivity contribution is -0.131. The van der Waals surface area contributed by atoms with Gasteiger partial charge >= 0.3 is 0 Å². The van der Waals surface area contributed by atoms with Crippen LogP contribution in [0.2, 0.25) is 0 Å². The van der Waals surface area contributed by atoms with E-state index in [1.165, 1.54) is 0 Å². The maximum Gasteiger partial charge on any atom is 0.222 e. The molecule has 1 aliphatic rings. The molecule has 1 amide bonds. The number of nitrogens with two attached hydrogens (primary N) is 1. The van der Waals surface area contributed by atoms with Crippen LogP contribution in [-0.2, 0) is 9.53 Å². The molecule has 0 bridgehead atoms. The van der Waals surface area contributed by atoms with Crippen LogP contribution in [-0.4, -0.2) is 43.7 Å². The molecule has 0 atom stereocenters. The van der Waals surface area contributed by atoms with Gasteiger partial charge in [0.2, 0.25) is 5.91 Å². The molecule has 100 valence electrons. The van der Waals surface area contributed by atoms with Gasteiger partial charge < -0.3 is 15.4 Å². The Morgan fingerprint density at radius 2 is 2.06 bits per heavy atom. The molecule has 1 aliphatic heterocycles. The van der Waals surface area contributed by atoms with Crippen LogP contribution >= 0.6 is 0 Å². The van der Waals surface area contributed by atoms with Crippen LogP contribution < -0.4 is 5.73 Å². The van der Waals surface area contributed by atoms with Gasteiger partial charge in [0, 0.05) is 26.1 Å². The van der Waals surface area contributed by atoms with Gasteiger partial charge in [0.05, 0.1) is 6.61 Å². The topological polar surface area (TPSA) is 55.6 Å². The van der Waals surface area contributed by atoms with Gasteiger partial charge in [0.1, 0.15) is 0 Å². The van der Waals surface area contributed by atoms with Gasteiger partial charge in [0.15, 0.2) is 0 Å². The van der Waals surface area contributed by atoms with Gasteiger partial charge in [-0.1, -0.05) is 13.8 Å². The number of nitrogens with zero attached hydrogens (tertiary/aromatic N) is 1. The van der Waals surface area contributed by atoms with E-state index in [2.05, 4.69) is 13.8 Å². The third-order valence-corrected chi connectivity index (χ3v) is 3.41. The predicted molar refractivity (Wildman–Crippen MR) is 68.7 cm³/mol. The third kappa shape index (κ3) is 5.50. The van der Waals surface area contributed by atoms with Gasteiger partial charge in [0.25, 0.3) is 0 Å². The summed E-state index contributed by atoms with van der Waals surface area (Å²) in [6.45, 7) is 8.10. The molecule has 1 rings (SSSR count). The van der Waals surface area contributed by atoms with Crippen molar-refractivity contribution in [2.24, 2.45) is 11.1 Å². The van der Waals surface area contributed by atoms with Crippen LogP contribution in [0.4, 0.5) is 0 Å². The number of hydrogen-bond donors (Lipinski definition) is 1. The summed E-state index contributed by atoms with van der Waals surface area (Å²) in [4.78, 5) is 14.0. The minimum absolute atomic E-state index is 0.173. The molecule has 0 radical (unpaired) electrons. The largest absolute Gasteiger partial charge is 0.380 e. The van der Waals surface area contributed by atoms with Crippen molar-refractivity contribution < 1.29 is 9.53 Å². The first-order chi connectivity index (χ1) is 8.05. The summed E-state index contributed by atoms with van der Waals surface area (Å²) in [5.41, 5.74) is 5.75. The van der Waals surface area contributed by atoms with Crippen molar-refractivity contribution in [1.82, 2.24) is 4.90 Å². The van der Waals surface area contributed by atoms with E-state index in [0.717, 1.165) is 39.0 Å². The molecule has 4 nitrogen and oxygen atoms in total. The SMILES string of the molecule is CC(C)(CCN)CCC(=O)N1CCCOCC1. The van der Waals surface area contributed by atoms with E-state index in [9.17, 15) is 4.79 Å². The maximum absolute atomic E-state index is 12.0. The summed E-state index contributed by atoms with van der Waals surface area (Å²) in [5, 5.41) is 0. The number of carbonyl (C=O) groups excluding carboxylic acids is 1. The number of rotatable bonds is 5. The quantitative estimate of drug-likeness (QED) is 0.792. The Morgan fingerprint density at radius 1 is 1.29 bits per heavy atom. The Hall–Kier alpha value is -0.610. The van der Waals surface area contributed by atoms with E-state index in [0.29, 0.717) is 19.6 Å². The molecule has 0 saturated carbocycles. The van der Waals surface area contributed by atoms with E-state index in [4.69, 9.17) is 10.5 Å². The van der Waals surface area contributed by atoms with Crippen LogP contribution in [0.1, 0.15) is 39.5 Å². The van der Waals surface area contributed by atoms with Crippen LogP contribution in [0.5, 0.6) is 0 Å². The number of ether oxygens (including phenoxy) is 1. The predicted octanol–water partition coefficient (Wildman–Crippen LogP) is 1.39. The van der Waals surface area contributed by atoms with E-state index >= 15 is 0 Å². The monoisotopic (exact) mass is 242 g/mol. The summed E-state index contributed by atoms with van der Waals surface area (Å²) in [6, 6.07) is 0. The van der Waals surface area contributed by atoms with Crippen molar-refractivity contribution in [1.29, 1.82) is 0 Å². The highest BCUT2D eigenvalue weighted by Gasteiger charge is 2.21. The standard InChI is InChI=1S/C13H26N2O2/c1-13(2,6-7-14)5-4-12(16)15-8-3-10-17-11-9-15/h3-11,14H2,1-2H3. The normalized spacial score (nSPS) is 17.9. The van der Waals surface area contributed by atoms with Crippen molar-refractivity contribution in [3.63, 3.8) is 0 Å². The second-order valence-electron chi connectivity index (χ2n) is 5.55. The summed E-state index contributed by atoms with van der Waals surface area (Å²) in [5.74, 6) is 0.264. The minimum Gasteiger partial charge on any atom is -0.380 e. The Bertz CT molecular complexity index is 234. The fourth-order valence-corrected chi connectivity index (χ4v) is 2.11. The van der Waals surface area contributed by atoms with Gasteiger partial charge in [-0.25, -0.2) is 0 Å². The van der Waals surface area contributed by atoms with Crippen molar-refractivity contribution in [2.45, 2.75) is 39.5 Å². The van der Waals surface area contributed by atoms with Gasteiger partial charge in [-0.05, 0) is 31.2 Å². The summed E-state index contributed by atoms with van der Waals surface area (Å²) < 4.78 is 5.35. The first-order valence-electron chi connectivity index (χ1n) is 6.61. The van der Waals surface area contributed by atoms with Gasteiger partial charge in [-0.15, -0.1) is 0 Å². The third-order valence-electron chi connectivity index (χ3n) is 3.41. The Morgan fingerprint density at radius 3 is 2.76 bits per heavy atom. The molecule has 0 unspecified atom stereocenters. The lowest BCUT2D eigenvalue weighted by Gasteiger charge is -2.26. The number of amides is 1. The molecule has 4 heteroatoms. The second-order valence-corrected chi connectivity index (χ2v) is 5.55. The van der Waals surface area contributed by atoms with E-state index in [-0.39, 0.29) is 11.3 Å². The van der Waals surface area contributed by atoms with Crippen LogP contribution in [0, 0.1) is 5.41 Å². The molecular formula is C13H26N2O2. The fourth-order valence-electron chi connectivity index (χ4n) is 2.11. The van der Waals surface area contributed by atoms with Gasteiger partial charge in [-0.2, -0.15) is 0 Å². The molecule has 1 fully saturated rings. The summed E-state index contributed by atoms with van der Waals surface area (Å²) >= 11 is 0. The molecule has 1 heterocycles.